The Bertz CT molecular complexity index is 350. The molecule has 0 radical (unpaired) electrons. The van der Waals surface area contributed by atoms with Crippen LogP contribution in [0, 0.1) is 6.92 Å². The molecule has 0 aromatic heterocycles. The van der Waals surface area contributed by atoms with Crippen LogP contribution in [0.15, 0.2) is 18.2 Å². The van der Waals surface area contributed by atoms with E-state index in [1.54, 1.807) is 0 Å². The summed E-state index contributed by atoms with van der Waals surface area (Å²) in [6.07, 6.45) is 7.79. The largest absolute Gasteiger partial charge is 0.508 e. The van der Waals surface area contributed by atoms with Gasteiger partial charge in [0.1, 0.15) is 5.75 Å². The van der Waals surface area contributed by atoms with Crippen LogP contribution in [0.4, 0.5) is 0 Å². The molecule has 0 heterocycles. The molecule has 0 saturated carbocycles. The number of hydrogen-bond acceptors (Lipinski definition) is 1. The minimum atomic E-state index is 0.408. The zero-order valence-corrected chi connectivity index (χ0v) is 7.88. The molecule has 1 aliphatic carbocycles. The SMILES string of the molecule is Cc1cc2c(cc1O)C=CCCC2. The van der Waals surface area contributed by atoms with Gasteiger partial charge in [-0.05, 0) is 48.9 Å². The summed E-state index contributed by atoms with van der Waals surface area (Å²) in [5.41, 5.74) is 3.53. The molecule has 0 unspecified atom stereocenters. The van der Waals surface area contributed by atoms with Gasteiger partial charge < -0.3 is 5.11 Å². The summed E-state index contributed by atoms with van der Waals surface area (Å²) in [6.45, 7) is 1.95. The second-order valence-corrected chi connectivity index (χ2v) is 3.63. The molecule has 1 N–H and O–H groups in total. The Morgan fingerprint density at radius 3 is 3.00 bits per heavy atom. The van der Waals surface area contributed by atoms with E-state index in [4.69, 9.17) is 0 Å². The first-order valence-electron chi connectivity index (χ1n) is 4.76. The van der Waals surface area contributed by atoms with Crippen molar-refractivity contribution >= 4 is 6.08 Å². The first-order valence-corrected chi connectivity index (χ1v) is 4.76. The summed E-state index contributed by atoms with van der Waals surface area (Å²) in [5, 5.41) is 9.53. The van der Waals surface area contributed by atoms with E-state index in [1.807, 2.05) is 13.0 Å². The van der Waals surface area contributed by atoms with Crippen molar-refractivity contribution in [2.45, 2.75) is 26.2 Å². The Labute approximate surface area is 78.7 Å². The number of phenols is 1. The van der Waals surface area contributed by atoms with Crippen LogP contribution in [-0.2, 0) is 6.42 Å². The number of benzene rings is 1. The third-order valence-corrected chi connectivity index (χ3v) is 2.57. The normalized spacial score (nSPS) is 15.2. The predicted octanol–water partition coefficient (Wildman–Crippen LogP) is 3.05. The molecule has 1 nitrogen and oxygen atoms in total. The van der Waals surface area contributed by atoms with Gasteiger partial charge >= 0.3 is 0 Å². The smallest absolute Gasteiger partial charge is 0.119 e. The molecule has 68 valence electrons. The fourth-order valence-electron chi connectivity index (χ4n) is 1.76. The van der Waals surface area contributed by atoms with E-state index in [0.717, 1.165) is 18.4 Å². The number of fused-ring (bicyclic) bond motifs is 1. The maximum atomic E-state index is 9.53. The van der Waals surface area contributed by atoms with E-state index in [0.29, 0.717) is 5.75 Å². The fraction of sp³-hybridized carbons (Fsp3) is 0.333. The first-order chi connectivity index (χ1) is 6.27. The molecule has 0 amide bonds. The number of rotatable bonds is 0. The van der Waals surface area contributed by atoms with Gasteiger partial charge in [0.2, 0.25) is 0 Å². The lowest BCUT2D eigenvalue weighted by molar-refractivity contribution is 0.470. The van der Waals surface area contributed by atoms with Gasteiger partial charge in [-0.2, -0.15) is 0 Å². The van der Waals surface area contributed by atoms with Gasteiger partial charge in [0.15, 0.2) is 0 Å². The third kappa shape index (κ3) is 1.59. The van der Waals surface area contributed by atoms with Crippen molar-refractivity contribution in [2.75, 3.05) is 0 Å². The molecule has 1 aliphatic rings. The molecule has 0 fully saturated rings. The average Bonchev–Trinajstić information content (AvgIpc) is 2.31. The highest BCUT2D eigenvalue weighted by atomic mass is 16.3. The maximum absolute atomic E-state index is 9.53. The predicted molar refractivity (Wildman–Crippen MR) is 54.8 cm³/mol. The highest BCUT2D eigenvalue weighted by Crippen LogP contribution is 2.26. The minimum absolute atomic E-state index is 0.408. The summed E-state index contributed by atoms with van der Waals surface area (Å²) in [6, 6.07) is 3.97. The molecule has 0 spiro atoms. The van der Waals surface area contributed by atoms with E-state index >= 15 is 0 Å². The topological polar surface area (TPSA) is 20.2 Å². The van der Waals surface area contributed by atoms with Crippen LogP contribution in [0.1, 0.15) is 29.5 Å². The van der Waals surface area contributed by atoms with E-state index in [1.165, 1.54) is 17.5 Å². The molecule has 13 heavy (non-hydrogen) atoms. The monoisotopic (exact) mass is 174 g/mol. The number of hydrogen-bond donors (Lipinski definition) is 1. The Morgan fingerprint density at radius 2 is 2.15 bits per heavy atom. The standard InChI is InChI=1S/C12H14O/c1-9-7-10-5-3-2-4-6-11(10)8-12(9)13/h4,6-8,13H,2-3,5H2,1H3. The van der Waals surface area contributed by atoms with Crippen molar-refractivity contribution in [1.29, 1.82) is 0 Å². The second-order valence-electron chi connectivity index (χ2n) is 3.63. The molecule has 1 aromatic rings. The van der Waals surface area contributed by atoms with Crippen LogP contribution >= 0.6 is 0 Å². The van der Waals surface area contributed by atoms with Crippen molar-refractivity contribution < 1.29 is 5.11 Å². The Balaban J connectivity index is 2.52. The zero-order chi connectivity index (χ0) is 9.26. The van der Waals surface area contributed by atoms with Crippen LogP contribution in [0.2, 0.25) is 0 Å². The van der Waals surface area contributed by atoms with Gasteiger partial charge in [-0.15, -0.1) is 0 Å². The van der Waals surface area contributed by atoms with Crippen LogP contribution in [0.25, 0.3) is 6.08 Å². The minimum Gasteiger partial charge on any atom is -0.508 e. The Kier molecular flexibility index (Phi) is 2.09. The van der Waals surface area contributed by atoms with Crippen molar-refractivity contribution in [3.05, 3.63) is 34.9 Å². The molecular formula is C12H14O. The lowest BCUT2D eigenvalue weighted by Crippen LogP contribution is -1.89. The lowest BCUT2D eigenvalue weighted by Gasteiger charge is -2.06. The summed E-state index contributed by atoms with van der Waals surface area (Å²) in [4.78, 5) is 0. The third-order valence-electron chi connectivity index (χ3n) is 2.57. The lowest BCUT2D eigenvalue weighted by atomic mass is 10.0. The van der Waals surface area contributed by atoms with Crippen LogP contribution in [0.3, 0.4) is 0 Å². The maximum Gasteiger partial charge on any atom is 0.119 e. The molecule has 0 saturated heterocycles. The van der Waals surface area contributed by atoms with Gasteiger partial charge in [-0.25, -0.2) is 0 Å². The Hall–Kier alpha value is -1.24. The first kappa shape index (κ1) is 8.36. The van der Waals surface area contributed by atoms with Gasteiger partial charge in [-0.1, -0.05) is 18.2 Å². The quantitative estimate of drug-likeness (QED) is 0.641. The van der Waals surface area contributed by atoms with E-state index in [2.05, 4.69) is 18.2 Å². The van der Waals surface area contributed by atoms with Crippen molar-refractivity contribution in [2.24, 2.45) is 0 Å². The molecule has 0 aliphatic heterocycles. The van der Waals surface area contributed by atoms with E-state index in [-0.39, 0.29) is 0 Å². The summed E-state index contributed by atoms with van der Waals surface area (Å²) < 4.78 is 0. The molecule has 0 bridgehead atoms. The summed E-state index contributed by atoms with van der Waals surface area (Å²) >= 11 is 0. The zero-order valence-electron chi connectivity index (χ0n) is 7.88. The van der Waals surface area contributed by atoms with Gasteiger partial charge in [0.25, 0.3) is 0 Å². The van der Waals surface area contributed by atoms with E-state index < -0.39 is 0 Å². The number of aryl methyl sites for hydroxylation is 2. The molecule has 2 rings (SSSR count). The van der Waals surface area contributed by atoms with Crippen molar-refractivity contribution in [1.82, 2.24) is 0 Å². The molecule has 1 heteroatoms. The van der Waals surface area contributed by atoms with Crippen LogP contribution in [-0.4, -0.2) is 5.11 Å². The highest BCUT2D eigenvalue weighted by Gasteiger charge is 2.06. The summed E-state index contributed by atoms with van der Waals surface area (Å²) in [7, 11) is 0. The molecular weight excluding hydrogens is 160 g/mol. The highest BCUT2D eigenvalue weighted by molar-refractivity contribution is 5.58. The molecule has 0 atom stereocenters. The van der Waals surface area contributed by atoms with Crippen molar-refractivity contribution in [3.8, 4) is 5.75 Å². The average molecular weight is 174 g/mol. The van der Waals surface area contributed by atoms with Crippen molar-refractivity contribution in [3.63, 3.8) is 0 Å². The number of allylic oxidation sites excluding steroid dienone is 1. The number of phenolic OH excluding ortho intramolecular Hbond substituents is 1. The van der Waals surface area contributed by atoms with Crippen LogP contribution < -0.4 is 0 Å². The Morgan fingerprint density at radius 1 is 1.31 bits per heavy atom. The van der Waals surface area contributed by atoms with Gasteiger partial charge in [0, 0.05) is 0 Å². The summed E-state index contributed by atoms with van der Waals surface area (Å²) in [5.74, 6) is 0.408. The molecule has 1 aromatic carbocycles. The second kappa shape index (κ2) is 3.25. The van der Waals surface area contributed by atoms with E-state index in [9.17, 15) is 5.11 Å². The van der Waals surface area contributed by atoms with Gasteiger partial charge in [-0.3, -0.25) is 0 Å². The number of aromatic hydroxyl groups is 1. The van der Waals surface area contributed by atoms with Crippen LogP contribution in [0.5, 0.6) is 5.75 Å². The fourth-order valence-corrected chi connectivity index (χ4v) is 1.76. The van der Waals surface area contributed by atoms with Gasteiger partial charge in [0.05, 0.1) is 0 Å².